The number of rotatable bonds is 2. The van der Waals surface area contributed by atoms with Crippen LogP contribution in [0.5, 0.6) is 5.75 Å². The summed E-state index contributed by atoms with van der Waals surface area (Å²) in [7, 11) is 0. The van der Waals surface area contributed by atoms with Crippen LogP contribution >= 0.6 is 0 Å². The second-order valence-corrected chi connectivity index (χ2v) is 4.29. The van der Waals surface area contributed by atoms with Gasteiger partial charge < -0.3 is 4.74 Å². The van der Waals surface area contributed by atoms with E-state index >= 15 is 0 Å². The Balaban J connectivity index is 2.05. The summed E-state index contributed by atoms with van der Waals surface area (Å²) in [6.45, 7) is 3.84. The van der Waals surface area contributed by atoms with Crippen molar-refractivity contribution in [1.82, 2.24) is 0 Å². The summed E-state index contributed by atoms with van der Waals surface area (Å²) in [5.74, 6) is -0.0773. The largest absolute Gasteiger partial charge is 0.417 e. The van der Waals surface area contributed by atoms with Crippen LogP contribution in [0.2, 0.25) is 0 Å². The molecule has 0 saturated heterocycles. The zero-order valence-corrected chi connectivity index (χ0v) is 10.7. The van der Waals surface area contributed by atoms with E-state index < -0.39 is 6.09 Å². The average Bonchev–Trinajstić information content (AvgIpc) is 2.37. The molecule has 2 aromatic carbocycles. The van der Waals surface area contributed by atoms with E-state index in [2.05, 4.69) is 5.32 Å². The molecule has 3 nitrogen and oxygen atoms in total. The number of amides is 1. The lowest BCUT2D eigenvalue weighted by Gasteiger charge is -2.09. The first-order chi connectivity index (χ1) is 9.04. The minimum Gasteiger partial charge on any atom is -0.410 e. The van der Waals surface area contributed by atoms with Gasteiger partial charge >= 0.3 is 6.09 Å². The van der Waals surface area contributed by atoms with Crippen LogP contribution in [0.25, 0.3) is 0 Å². The summed E-state index contributed by atoms with van der Waals surface area (Å²) in [4.78, 5) is 11.7. The van der Waals surface area contributed by atoms with Crippen LogP contribution in [0, 0.1) is 19.7 Å². The van der Waals surface area contributed by atoms with Crippen molar-refractivity contribution in [1.29, 1.82) is 0 Å². The van der Waals surface area contributed by atoms with Crippen molar-refractivity contribution in [2.75, 3.05) is 5.32 Å². The Bertz CT molecular complexity index is 594. The van der Waals surface area contributed by atoms with Gasteiger partial charge in [0.2, 0.25) is 0 Å². The van der Waals surface area contributed by atoms with Crippen LogP contribution in [-0.2, 0) is 0 Å². The van der Waals surface area contributed by atoms with Gasteiger partial charge in [0.05, 0.1) is 0 Å². The molecule has 98 valence electrons. The molecule has 2 rings (SSSR count). The van der Waals surface area contributed by atoms with E-state index in [-0.39, 0.29) is 5.82 Å². The second kappa shape index (κ2) is 5.52. The number of carbonyl (C=O) groups excluding carboxylic acids is 1. The van der Waals surface area contributed by atoms with E-state index in [1.54, 1.807) is 0 Å². The Labute approximate surface area is 111 Å². The van der Waals surface area contributed by atoms with Crippen LogP contribution in [0.1, 0.15) is 11.1 Å². The molecule has 0 aliphatic rings. The number of nitrogens with one attached hydrogen (secondary N) is 1. The third-order valence-corrected chi connectivity index (χ3v) is 2.65. The second-order valence-electron chi connectivity index (χ2n) is 4.29. The van der Waals surface area contributed by atoms with E-state index in [4.69, 9.17) is 4.74 Å². The van der Waals surface area contributed by atoms with Crippen molar-refractivity contribution >= 4 is 11.8 Å². The molecular weight excluding hydrogens is 245 g/mol. The zero-order chi connectivity index (χ0) is 13.8. The quantitative estimate of drug-likeness (QED) is 0.883. The molecule has 0 aliphatic heterocycles. The molecule has 0 unspecified atom stereocenters. The zero-order valence-electron chi connectivity index (χ0n) is 10.7. The summed E-state index contributed by atoms with van der Waals surface area (Å²) in [5, 5.41) is 2.66. The van der Waals surface area contributed by atoms with Gasteiger partial charge in [0.25, 0.3) is 0 Å². The van der Waals surface area contributed by atoms with Crippen LogP contribution in [0.4, 0.5) is 14.9 Å². The van der Waals surface area contributed by atoms with Crippen molar-refractivity contribution < 1.29 is 13.9 Å². The molecular formula is C15H14FNO2. The van der Waals surface area contributed by atoms with E-state index in [1.165, 1.54) is 24.3 Å². The summed E-state index contributed by atoms with van der Waals surface area (Å²) in [5.41, 5.74) is 2.69. The Morgan fingerprint density at radius 2 is 1.79 bits per heavy atom. The molecule has 0 heterocycles. The Morgan fingerprint density at radius 3 is 2.47 bits per heavy atom. The molecule has 19 heavy (non-hydrogen) atoms. The van der Waals surface area contributed by atoms with Gasteiger partial charge in [0, 0.05) is 5.69 Å². The van der Waals surface area contributed by atoms with Crippen LogP contribution in [0.3, 0.4) is 0 Å². The van der Waals surface area contributed by atoms with Gasteiger partial charge in [-0.25, -0.2) is 9.18 Å². The third kappa shape index (κ3) is 3.55. The van der Waals surface area contributed by atoms with Crippen molar-refractivity contribution in [3.63, 3.8) is 0 Å². The molecule has 0 atom stereocenters. The number of hydrogen-bond donors (Lipinski definition) is 1. The van der Waals surface area contributed by atoms with Crippen molar-refractivity contribution in [2.24, 2.45) is 0 Å². The van der Waals surface area contributed by atoms with Gasteiger partial charge in [-0.3, -0.25) is 5.32 Å². The topological polar surface area (TPSA) is 38.3 Å². The molecule has 0 spiro atoms. The Kier molecular flexibility index (Phi) is 3.80. The molecule has 0 bridgehead atoms. The Hall–Kier alpha value is -2.36. The van der Waals surface area contributed by atoms with Crippen molar-refractivity contribution in [2.45, 2.75) is 13.8 Å². The number of carbonyl (C=O) groups is 1. The fraction of sp³-hybridized carbons (Fsp3) is 0.133. The number of halogens is 1. The highest BCUT2D eigenvalue weighted by Gasteiger charge is 2.07. The number of ether oxygens (including phenoxy) is 1. The van der Waals surface area contributed by atoms with Gasteiger partial charge in [-0.1, -0.05) is 12.1 Å². The molecule has 0 radical (unpaired) electrons. The van der Waals surface area contributed by atoms with Crippen LogP contribution in [-0.4, -0.2) is 6.09 Å². The molecule has 1 amide bonds. The highest BCUT2D eigenvalue weighted by molar-refractivity contribution is 5.87. The number of benzene rings is 2. The lowest BCUT2D eigenvalue weighted by Crippen LogP contribution is -2.17. The van der Waals surface area contributed by atoms with E-state index in [1.807, 2.05) is 32.0 Å². The Morgan fingerprint density at radius 1 is 1.11 bits per heavy atom. The molecule has 0 saturated carbocycles. The van der Waals surface area contributed by atoms with Gasteiger partial charge in [0.15, 0.2) is 0 Å². The molecule has 0 aromatic heterocycles. The molecule has 0 aliphatic carbocycles. The summed E-state index contributed by atoms with van der Waals surface area (Å²) in [6.07, 6.45) is -0.597. The maximum atomic E-state index is 12.7. The average molecular weight is 259 g/mol. The van der Waals surface area contributed by atoms with Crippen molar-refractivity contribution in [3.05, 3.63) is 59.4 Å². The van der Waals surface area contributed by atoms with E-state index in [0.29, 0.717) is 11.4 Å². The number of hydrogen-bond acceptors (Lipinski definition) is 2. The van der Waals surface area contributed by atoms with Crippen LogP contribution < -0.4 is 10.1 Å². The fourth-order valence-electron chi connectivity index (χ4n) is 1.62. The highest BCUT2D eigenvalue weighted by atomic mass is 19.1. The molecule has 0 fully saturated rings. The van der Waals surface area contributed by atoms with Gasteiger partial charge in [0.1, 0.15) is 11.6 Å². The fourth-order valence-corrected chi connectivity index (χ4v) is 1.62. The standard InChI is InChI=1S/C15H14FNO2/c1-10-3-4-11(2)14(9-10)17-15(18)19-13-7-5-12(16)6-8-13/h3-9H,1-2H3,(H,17,18). The summed E-state index contributed by atoms with van der Waals surface area (Å²) < 4.78 is 17.8. The lowest BCUT2D eigenvalue weighted by molar-refractivity contribution is 0.215. The summed E-state index contributed by atoms with van der Waals surface area (Å²) in [6, 6.07) is 11.0. The first-order valence-electron chi connectivity index (χ1n) is 5.86. The highest BCUT2D eigenvalue weighted by Crippen LogP contribution is 2.17. The smallest absolute Gasteiger partial charge is 0.410 e. The van der Waals surface area contributed by atoms with Crippen LogP contribution in [0.15, 0.2) is 42.5 Å². The summed E-state index contributed by atoms with van der Waals surface area (Å²) >= 11 is 0. The molecule has 4 heteroatoms. The minimum absolute atomic E-state index is 0.296. The number of anilines is 1. The van der Waals surface area contributed by atoms with Gasteiger partial charge in [-0.15, -0.1) is 0 Å². The minimum atomic E-state index is -0.597. The van der Waals surface area contributed by atoms with Gasteiger partial charge in [-0.05, 0) is 55.3 Å². The predicted molar refractivity (Wildman–Crippen MR) is 72.0 cm³/mol. The van der Waals surface area contributed by atoms with Crippen molar-refractivity contribution in [3.8, 4) is 5.75 Å². The first kappa shape index (κ1) is 13.1. The predicted octanol–water partition coefficient (Wildman–Crippen LogP) is 4.05. The monoisotopic (exact) mass is 259 g/mol. The maximum absolute atomic E-state index is 12.7. The van der Waals surface area contributed by atoms with Gasteiger partial charge in [-0.2, -0.15) is 0 Å². The normalized spacial score (nSPS) is 10.1. The SMILES string of the molecule is Cc1ccc(C)c(NC(=O)Oc2ccc(F)cc2)c1. The maximum Gasteiger partial charge on any atom is 0.417 e. The number of aryl methyl sites for hydroxylation is 2. The van der Waals surface area contributed by atoms with E-state index in [0.717, 1.165) is 11.1 Å². The third-order valence-electron chi connectivity index (χ3n) is 2.65. The molecule has 1 N–H and O–H groups in total. The van der Waals surface area contributed by atoms with E-state index in [9.17, 15) is 9.18 Å². The lowest BCUT2D eigenvalue weighted by atomic mass is 10.1. The first-order valence-corrected chi connectivity index (χ1v) is 5.86. The molecule has 2 aromatic rings.